The third-order valence-electron chi connectivity index (χ3n) is 3.98. The summed E-state index contributed by atoms with van der Waals surface area (Å²) in [4.78, 5) is 14.2. The molecule has 2 aliphatic rings. The highest BCUT2D eigenvalue weighted by Gasteiger charge is 2.29. The number of hydrogen-bond acceptors (Lipinski definition) is 3. The monoisotopic (exact) mass is 257 g/mol. The fourth-order valence-corrected chi connectivity index (χ4v) is 3.03. The lowest BCUT2D eigenvalue weighted by Gasteiger charge is -2.36. The van der Waals surface area contributed by atoms with E-state index in [1.54, 1.807) is 0 Å². The largest absolute Gasteiger partial charge is 0.466 e. The average Bonchev–Trinajstić information content (AvgIpc) is 2.46. The molecule has 1 atom stereocenters. The third-order valence-corrected chi connectivity index (χ3v) is 3.98. The quantitative estimate of drug-likeness (QED) is 0.736. The van der Waals surface area contributed by atoms with E-state index in [-0.39, 0.29) is 11.9 Å². The molecule has 2 aliphatic heterocycles. The van der Waals surface area contributed by atoms with Gasteiger partial charge in [0.2, 0.25) is 0 Å². The molecule has 3 rings (SSSR count). The van der Waals surface area contributed by atoms with E-state index in [9.17, 15) is 4.79 Å². The van der Waals surface area contributed by atoms with Gasteiger partial charge in [0.25, 0.3) is 0 Å². The van der Waals surface area contributed by atoms with Gasteiger partial charge in [-0.05, 0) is 25.0 Å². The molecule has 19 heavy (non-hydrogen) atoms. The zero-order chi connectivity index (χ0) is 13.2. The number of rotatable bonds is 2. The molecule has 0 aromatic heterocycles. The molecule has 1 aromatic carbocycles. The van der Waals surface area contributed by atoms with Gasteiger partial charge in [-0.3, -0.25) is 4.79 Å². The number of nitrogens with zero attached hydrogens (tertiary/aromatic N) is 1. The Morgan fingerprint density at radius 2 is 2.26 bits per heavy atom. The molecular weight excluding hydrogens is 238 g/mol. The van der Waals surface area contributed by atoms with Gasteiger partial charge in [-0.2, -0.15) is 0 Å². The molecule has 0 saturated carbocycles. The highest BCUT2D eigenvalue weighted by molar-refractivity contribution is 5.74. The lowest BCUT2D eigenvalue weighted by molar-refractivity contribution is -0.149. The Kier molecular flexibility index (Phi) is 3.28. The Morgan fingerprint density at radius 3 is 3.11 bits per heavy atom. The van der Waals surface area contributed by atoms with Gasteiger partial charge in [-0.1, -0.05) is 30.3 Å². The van der Waals surface area contributed by atoms with Crippen molar-refractivity contribution in [3.63, 3.8) is 0 Å². The number of carbonyl (C=O) groups is 1. The summed E-state index contributed by atoms with van der Waals surface area (Å²) < 4.78 is 5.15. The maximum atomic E-state index is 11.8. The minimum atomic E-state index is -0.0413. The van der Waals surface area contributed by atoms with Crippen LogP contribution in [0.2, 0.25) is 0 Å². The fraction of sp³-hybridized carbons (Fsp3) is 0.438. The smallest absolute Gasteiger partial charge is 0.310 e. The van der Waals surface area contributed by atoms with Crippen molar-refractivity contribution in [1.29, 1.82) is 0 Å². The number of carbonyl (C=O) groups excluding carboxylic acids is 1. The van der Waals surface area contributed by atoms with E-state index in [1.807, 2.05) is 6.92 Å². The normalized spacial score (nSPS) is 21.2. The number of ether oxygens (including phenoxy) is 1. The van der Waals surface area contributed by atoms with E-state index >= 15 is 0 Å². The lowest BCUT2D eigenvalue weighted by atomic mass is 9.93. The molecule has 3 nitrogen and oxygen atoms in total. The van der Waals surface area contributed by atoms with Crippen molar-refractivity contribution in [2.45, 2.75) is 19.8 Å². The Labute approximate surface area is 113 Å². The first-order valence-electron chi connectivity index (χ1n) is 6.99. The van der Waals surface area contributed by atoms with Crippen LogP contribution in [0.4, 0.5) is 0 Å². The summed E-state index contributed by atoms with van der Waals surface area (Å²) in [5, 5.41) is 2.65. The Hall–Kier alpha value is -1.77. The lowest BCUT2D eigenvalue weighted by Crippen LogP contribution is -2.45. The summed E-state index contributed by atoms with van der Waals surface area (Å²) in [6, 6.07) is 8.51. The molecule has 0 radical (unpaired) electrons. The third kappa shape index (κ3) is 2.25. The molecule has 0 amide bonds. The summed E-state index contributed by atoms with van der Waals surface area (Å²) in [5.74, 6) is -0.0113. The van der Waals surface area contributed by atoms with E-state index in [4.69, 9.17) is 4.74 Å². The van der Waals surface area contributed by atoms with Gasteiger partial charge in [0.1, 0.15) is 0 Å². The Morgan fingerprint density at radius 1 is 1.42 bits per heavy atom. The summed E-state index contributed by atoms with van der Waals surface area (Å²) in [6.07, 6.45) is 4.11. The van der Waals surface area contributed by atoms with E-state index in [1.165, 1.54) is 16.1 Å². The van der Waals surface area contributed by atoms with Crippen molar-refractivity contribution in [2.75, 3.05) is 19.7 Å². The van der Waals surface area contributed by atoms with Gasteiger partial charge in [0.05, 0.1) is 12.5 Å². The van der Waals surface area contributed by atoms with Crippen LogP contribution in [0.3, 0.4) is 0 Å². The topological polar surface area (TPSA) is 29.5 Å². The highest BCUT2D eigenvalue weighted by atomic mass is 16.5. The van der Waals surface area contributed by atoms with Crippen LogP contribution in [-0.2, 0) is 9.53 Å². The molecule has 1 aromatic rings. The van der Waals surface area contributed by atoms with Crippen LogP contribution in [0.1, 0.15) is 19.8 Å². The van der Waals surface area contributed by atoms with Crippen LogP contribution in [0.5, 0.6) is 0 Å². The van der Waals surface area contributed by atoms with E-state index in [2.05, 4.69) is 35.2 Å². The minimum Gasteiger partial charge on any atom is -0.466 e. The number of hydrogen-bond donors (Lipinski definition) is 0. The summed E-state index contributed by atoms with van der Waals surface area (Å²) in [7, 11) is 0. The minimum absolute atomic E-state index is 0.0300. The predicted octanol–water partition coefficient (Wildman–Crippen LogP) is 0.864. The predicted molar refractivity (Wildman–Crippen MR) is 74.5 cm³/mol. The maximum Gasteiger partial charge on any atom is 0.310 e. The van der Waals surface area contributed by atoms with Crippen LogP contribution in [-0.4, -0.2) is 30.6 Å². The Bertz CT molecular complexity index is 605. The van der Waals surface area contributed by atoms with Gasteiger partial charge in [0, 0.05) is 24.0 Å². The highest BCUT2D eigenvalue weighted by Crippen LogP contribution is 2.26. The standard InChI is InChI=1S/C16H19NO2/c1-2-19-16(18)13-7-8-15-14-6-4-3-5-12(14)9-10-17(15)11-13/h3-6,9,13H,2,7-8,10-11H2,1H3. The van der Waals surface area contributed by atoms with Crippen LogP contribution in [0, 0.1) is 5.92 Å². The summed E-state index contributed by atoms with van der Waals surface area (Å²) in [6.45, 7) is 4.03. The number of esters is 1. The van der Waals surface area contributed by atoms with Gasteiger partial charge in [-0.15, -0.1) is 0 Å². The Balaban J connectivity index is 1.88. The van der Waals surface area contributed by atoms with Gasteiger partial charge >= 0.3 is 5.97 Å². The van der Waals surface area contributed by atoms with Crippen LogP contribution in [0.25, 0.3) is 11.8 Å². The zero-order valence-electron chi connectivity index (χ0n) is 11.3. The van der Waals surface area contributed by atoms with Crippen molar-refractivity contribution in [1.82, 2.24) is 4.90 Å². The zero-order valence-corrected chi connectivity index (χ0v) is 11.3. The fourth-order valence-electron chi connectivity index (χ4n) is 3.03. The van der Waals surface area contributed by atoms with Crippen molar-refractivity contribution < 1.29 is 9.53 Å². The molecule has 1 unspecified atom stereocenters. The molecular formula is C16H19NO2. The van der Waals surface area contributed by atoms with Crippen LogP contribution >= 0.6 is 0 Å². The SMILES string of the molecule is CCOC(=O)C1CCC2=c3ccccc3=CCN2C1. The second kappa shape index (κ2) is 5.08. The van der Waals surface area contributed by atoms with Gasteiger partial charge in [-0.25, -0.2) is 0 Å². The van der Waals surface area contributed by atoms with Crippen molar-refractivity contribution >= 4 is 17.7 Å². The maximum absolute atomic E-state index is 11.8. The number of piperidine rings is 1. The first-order chi connectivity index (χ1) is 9.29. The molecule has 0 spiro atoms. The molecule has 1 saturated heterocycles. The second-order valence-electron chi connectivity index (χ2n) is 5.13. The van der Waals surface area contributed by atoms with Crippen LogP contribution in [0.15, 0.2) is 24.3 Å². The number of fused-ring (bicyclic) bond motifs is 2. The molecule has 0 bridgehead atoms. The second-order valence-corrected chi connectivity index (χ2v) is 5.13. The van der Waals surface area contributed by atoms with E-state index < -0.39 is 0 Å². The van der Waals surface area contributed by atoms with Crippen molar-refractivity contribution in [2.24, 2.45) is 5.92 Å². The summed E-state index contributed by atoms with van der Waals surface area (Å²) in [5.41, 5.74) is 1.39. The van der Waals surface area contributed by atoms with Crippen molar-refractivity contribution in [3.8, 4) is 0 Å². The van der Waals surface area contributed by atoms with Crippen LogP contribution < -0.4 is 10.4 Å². The van der Waals surface area contributed by atoms with E-state index in [0.29, 0.717) is 6.61 Å². The molecule has 100 valence electrons. The van der Waals surface area contributed by atoms with E-state index in [0.717, 1.165) is 25.9 Å². The van der Waals surface area contributed by atoms with Gasteiger partial charge < -0.3 is 9.64 Å². The molecule has 0 N–H and O–H groups in total. The first kappa shape index (κ1) is 12.3. The molecule has 0 aliphatic carbocycles. The number of benzene rings is 1. The van der Waals surface area contributed by atoms with Gasteiger partial charge in [0.15, 0.2) is 0 Å². The summed E-state index contributed by atoms with van der Waals surface area (Å²) >= 11 is 0. The van der Waals surface area contributed by atoms with Crippen molar-refractivity contribution in [3.05, 3.63) is 34.7 Å². The molecule has 1 fully saturated rings. The average molecular weight is 257 g/mol. The molecule has 3 heteroatoms. The first-order valence-corrected chi connectivity index (χ1v) is 6.99. The molecule has 2 heterocycles.